The number of ether oxygens (including phenoxy) is 2. The predicted octanol–water partition coefficient (Wildman–Crippen LogP) is 4.11. The molecule has 0 aromatic carbocycles. The molecule has 0 atom stereocenters. The Kier molecular flexibility index (Phi) is 7.40. The summed E-state index contributed by atoms with van der Waals surface area (Å²) < 4.78 is 11.3. The highest BCUT2D eigenvalue weighted by Crippen LogP contribution is 2.45. The Morgan fingerprint density at radius 2 is 1.84 bits per heavy atom. The summed E-state index contributed by atoms with van der Waals surface area (Å²) in [5.41, 5.74) is 2.00. The van der Waals surface area contributed by atoms with E-state index in [0.717, 1.165) is 81.7 Å². The molecule has 4 rings (SSSR count). The van der Waals surface area contributed by atoms with Gasteiger partial charge in [-0.3, -0.25) is 9.78 Å². The third kappa shape index (κ3) is 5.12. The standard InChI is InChI=1S/C26H41N3O3/c1-18(2)26(10-5-21(6-11-26)28-22-8-13-31-14-9-22)25(30)29-12-7-24-20(17-29)15-23(16-27-24)32-19(3)4/h15-16,18-19,21-22,28H,5-14,17H2,1-4H3. The zero-order valence-electron chi connectivity index (χ0n) is 20.4. The van der Waals surface area contributed by atoms with Crippen molar-refractivity contribution in [1.82, 2.24) is 15.2 Å². The first-order valence-electron chi connectivity index (χ1n) is 12.6. The van der Waals surface area contributed by atoms with E-state index in [2.05, 4.69) is 35.1 Å². The van der Waals surface area contributed by atoms with Gasteiger partial charge in [0.05, 0.1) is 17.7 Å². The minimum Gasteiger partial charge on any atom is -0.489 e. The van der Waals surface area contributed by atoms with Crippen molar-refractivity contribution >= 4 is 5.91 Å². The van der Waals surface area contributed by atoms with E-state index >= 15 is 0 Å². The number of carbonyl (C=O) groups is 1. The highest BCUT2D eigenvalue weighted by molar-refractivity contribution is 5.83. The van der Waals surface area contributed by atoms with Crippen molar-refractivity contribution < 1.29 is 14.3 Å². The van der Waals surface area contributed by atoms with E-state index in [-0.39, 0.29) is 11.5 Å². The van der Waals surface area contributed by atoms with Crippen molar-refractivity contribution in [2.24, 2.45) is 11.3 Å². The lowest BCUT2D eigenvalue weighted by Gasteiger charge is -2.46. The molecule has 0 bridgehead atoms. The van der Waals surface area contributed by atoms with Gasteiger partial charge in [0.25, 0.3) is 0 Å². The van der Waals surface area contributed by atoms with E-state index in [4.69, 9.17) is 9.47 Å². The topological polar surface area (TPSA) is 63.7 Å². The zero-order chi connectivity index (χ0) is 22.7. The molecular formula is C26H41N3O3. The van der Waals surface area contributed by atoms with Crippen LogP contribution in [0.25, 0.3) is 0 Å². The SMILES string of the molecule is CC(C)Oc1cnc2c(c1)CN(C(=O)C1(C(C)C)CCC(NC3CCOCC3)CC1)CC2. The molecule has 1 N–H and O–H groups in total. The van der Waals surface area contributed by atoms with E-state index in [1.165, 1.54) is 0 Å². The second-order valence-electron chi connectivity index (χ2n) is 10.6. The predicted molar refractivity (Wildman–Crippen MR) is 126 cm³/mol. The molecule has 2 fully saturated rings. The van der Waals surface area contributed by atoms with Crippen LogP contribution in [-0.2, 0) is 22.5 Å². The number of amides is 1. The van der Waals surface area contributed by atoms with Crippen LogP contribution in [0.5, 0.6) is 5.75 Å². The summed E-state index contributed by atoms with van der Waals surface area (Å²) in [5.74, 6) is 1.48. The zero-order valence-corrected chi connectivity index (χ0v) is 20.4. The van der Waals surface area contributed by atoms with Gasteiger partial charge in [0.2, 0.25) is 5.91 Å². The Labute approximate surface area is 193 Å². The summed E-state index contributed by atoms with van der Waals surface area (Å²) in [5, 5.41) is 3.86. The van der Waals surface area contributed by atoms with Crippen LogP contribution in [0.2, 0.25) is 0 Å². The quantitative estimate of drug-likeness (QED) is 0.717. The Balaban J connectivity index is 1.41. The van der Waals surface area contributed by atoms with Gasteiger partial charge in [0.15, 0.2) is 0 Å². The van der Waals surface area contributed by atoms with Gasteiger partial charge in [0, 0.05) is 50.5 Å². The number of pyridine rings is 1. The summed E-state index contributed by atoms with van der Waals surface area (Å²) in [6.07, 6.45) is 9.09. The van der Waals surface area contributed by atoms with Gasteiger partial charge in [-0.05, 0) is 69.9 Å². The van der Waals surface area contributed by atoms with Crippen molar-refractivity contribution in [1.29, 1.82) is 0 Å². The lowest BCUT2D eigenvalue weighted by molar-refractivity contribution is -0.149. The van der Waals surface area contributed by atoms with Gasteiger partial charge in [-0.1, -0.05) is 13.8 Å². The third-order valence-corrected chi connectivity index (χ3v) is 7.78. The maximum atomic E-state index is 13.9. The summed E-state index contributed by atoms with van der Waals surface area (Å²) >= 11 is 0. The van der Waals surface area contributed by atoms with Gasteiger partial charge in [0.1, 0.15) is 5.75 Å². The first kappa shape index (κ1) is 23.5. The Morgan fingerprint density at radius 3 is 2.50 bits per heavy atom. The Bertz CT molecular complexity index is 781. The number of hydrogen-bond donors (Lipinski definition) is 1. The van der Waals surface area contributed by atoms with E-state index in [0.29, 0.717) is 30.5 Å². The fourth-order valence-electron chi connectivity index (χ4n) is 5.76. The lowest BCUT2D eigenvalue weighted by Crippen LogP contribution is -2.53. The maximum Gasteiger partial charge on any atom is 0.229 e. The average Bonchev–Trinajstić information content (AvgIpc) is 2.79. The minimum atomic E-state index is -0.245. The molecule has 0 spiro atoms. The molecule has 1 saturated carbocycles. The van der Waals surface area contributed by atoms with Crippen molar-refractivity contribution in [2.75, 3.05) is 19.8 Å². The molecule has 1 aromatic heterocycles. The summed E-state index contributed by atoms with van der Waals surface area (Å²) in [6.45, 7) is 11.7. The summed E-state index contributed by atoms with van der Waals surface area (Å²) in [7, 11) is 0. The van der Waals surface area contributed by atoms with Crippen molar-refractivity contribution in [3.8, 4) is 5.75 Å². The van der Waals surface area contributed by atoms with Crippen LogP contribution in [0.1, 0.15) is 77.5 Å². The van der Waals surface area contributed by atoms with E-state index in [9.17, 15) is 4.79 Å². The van der Waals surface area contributed by atoms with Crippen LogP contribution in [0.3, 0.4) is 0 Å². The minimum absolute atomic E-state index is 0.116. The van der Waals surface area contributed by atoms with E-state index in [1.807, 2.05) is 20.0 Å². The number of carbonyl (C=O) groups excluding carboxylic acids is 1. The molecule has 1 aromatic rings. The number of hydrogen-bond acceptors (Lipinski definition) is 5. The van der Waals surface area contributed by atoms with E-state index < -0.39 is 0 Å². The van der Waals surface area contributed by atoms with Gasteiger partial charge in [-0.25, -0.2) is 0 Å². The third-order valence-electron chi connectivity index (χ3n) is 7.78. The van der Waals surface area contributed by atoms with Gasteiger partial charge < -0.3 is 19.7 Å². The second-order valence-corrected chi connectivity index (χ2v) is 10.6. The van der Waals surface area contributed by atoms with Crippen LogP contribution in [0.4, 0.5) is 0 Å². The second kappa shape index (κ2) is 10.1. The number of nitrogens with one attached hydrogen (secondary N) is 1. The molecule has 32 heavy (non-hydrogen) atoms. The van der Waals surface area contributed by atoms with Gasteiger partial charge in [-0.2, -0.15) is 0 Å². The normalized spacial score (nSPS) is 26.9. The molecule has 3 heterocycles. The summed E-state index contributed by atoms with van der Waals surface area (Å²) in [6, 6.07) is 3.18. The summed E-state index contributed by atoms with van der Waals surface area (Å²) in [4.78, 5) is 20.6. The number of nitrogens with zero attached hydrogens (tertiary/aromatic N) is 2. The van der Waals surface area contributed by atoms with E-state index in [1.54, 1.807) is 0 Å². The van der Waals surface area contributed by atoms with Crippen molar-refractivity contribution in [2.45, 2.75) is 97.4 Å². The molecule has 0 unspecified atom stereocenters. The van der Waals surface area contributed by atoms with Gasteiger partial charge >= 0.3 is 0 Å². The monoisotopic (exact) mass is 443 g/mol. The van der Waals surface area contributed by atoms with Crippen LogP contribution >= 0.6 is 0 Å². The smallest absolute Gasteiger partial charge is 0.229 e. The highest BCUT2D eigenvalue weighted by Gasteiger charge is 2.46. The first-order chi connectivity index (χ1) is 15.4. The average molecular weight is 444 g/mol. The van der Waals surface area contributed by atoms with Crippen LogP contribution < -0.4 is 10.1 Å². The molecule has 178 valence electrons. The number of rotatable bonds is 6. The molecule has 0 radical (unpaired) electrons. The fourth-order valence-corrected chi connectivity index (χ4v) is 5.76. The lowest BCUT2D eigenvalue weighted by atomic mass is 9.64. The van der Waals surface area contributed by atoms with Crippen molar-refractivity contribution in [3.05, 3.63) is 23.5 Å². The van der Waals surface area contributed by atoms with Crippen LogP contribution in [0.15, 0.2) is 12.3 Å². The van der Waals surface area contributed by atoms with Gasteiger partial charge in [-0.15, -0.1) is 0 Å². The maximum absolute atomic E-state index is 13.9. The first-order valence-corrected chi connectivity index (χ1v) is 12.6. The van der Waals surface area contributed by atoms with Crippen LogP contribution in [0, 0.1) is 11.3 Å². The number of fused-ring (bicyclic) bond motifs is 1. The van der Waals surface area contributed by atoms with Crippen molar-refractivity contribution in [3.63, 3.8) is 0 Å². The molecule has 6 nitrogen and oxygen atoms in total. The molecule has 1 amide bonds. The Morgan fingerprint density at radius 1 is 1.16 bits per heavy atom. The molecule has 2 aliphatic heterocycles. The molecule has 1 saturated heterocycles. The molecular weight excluding hydrogens is 402 g/mol. The highest BCUT2D eigenvalue weighted by atomic mass is 16.5. The molecule has 3 aliphatic rings. The Hall–Kier alpha value is -1.66. The molecule has 1 aliphatic carbocycles. The molecule has 6 heteroatoms. The fraction of sp³-hybridized carbons (Fsp3) is 0.769. The largest absolute Gasteiger partial charge is 0.489 e. The number of aromatic nitrogens is 1. The van der Waals surface area contributed by atoms with Crippen LogP contribution in [-0.4, -0.2) is 53.7 Å².